The molecule has 1 amide bonds. The van der Waals surface area contributed by atoms with Crippen molar-refractivity contribution in [3.8, 4) is 0 Å². The van der Waals surface area contributed by atoms with Gasteiger partial charge in [0.1, 0.15) is 4.32 Å². The molecule has 2 heterocycles. The van der Waals surface area contributed by atoms with Crippen LogP contribution in [0, 0.1) is 0 Å². The third-order valence-electron chi connectivity index (χ3n) is 4.39. The second kappa shape index (κ2) is 7.58. The number of benzene rings is 1. The predicted octanol–water partition coefficient (Wildman–Crippen LogP) is 3.48. The van der Waals surface area contributed by atoms with Crippen molar-refractivity contribution in [1.29, 1.82) is 0 Å². The molecule has 3 rings (SSSR count). The number of hydrogen-bond donors (Lipinski definition) is 0. The first kappa shape index (κ1) is 18.6. The van der Waals surface area contributed by atoms with E-state index in [4.69, 9.17) is 17.0 Å². The average Bonchev–Trinajstić information content (AvgIpc) is 2.83. The van der Waals surface area contributed by atoms with Crippen molar-refractivity contribution in [2.75, 3.05) is 33.0 Å². The van der Waals surface area contributed by atoms with E-state index in [1.54, 1.807) is 4.90 Å². The van der Waals surface area contributed by atoms with Gasteiger partial charge in [0.15, 0.2) is 0 Å². The van der Waals surface area contributed by atoms with Crippen LogP contribution >= 0.6 is 24.0 Å². The first-order valence-corrected chi connectivity index (χ1v) is 9.73. The van der Waals surface area contributed by atoms with Crippen molar-refractivity contribution < 1.29 is 9.53 Å². The molecule has 6 heteroatoms. The van der Waals surface area contributed by atoms with E-state index in [0.717, 1.165) is 18.7 Å². The molecule has 4 nitrogen and oxygen atoms in total. The highest BCUT2D eigenvalue weighted by Crippen LogP contribution is 2.33. The number of carbonyl (C=O) groups excluding carboxylic acids is 1. The average molecular weight is 377 g/mol. The van der Waals surface area contributed by atoms with Gasteiger partial charge in [-0.1, -0.05) is 69.0 Å². The molecule has 1 aromatic carbocycles. The summed E-state index contributed by atoms with van der Waals surface area (Å²) in [6.45, 7) is 10.2. The van der Waals surface area contributed by atoms with Crippen LogP contribution in [0.15, 0.2) is 29.2 Å². The number of ether oxygens (including phenoxy) is 1. The molecule has 2 aliphatic heterocycles. The van der Waals surface area contributed by atoms with Crippen molar-refractivity contribution in [3.63, 3.8) is 0 Å². The Labute approximate surface area is 159 Å². The van der Waals surface area contributed by atoms with E-state index >= 15 is 0 Å². The van der Waals surface area contributed by atoms with Crippen LogP contribution in [0.2, 0.25) is 0 Å². The molecule has 0 atom stereocenters. The van der Waals surface area contributed by atoms with E-state index in [9.17, 15) is 4.79 Å². The predicted molar refractivity (Wildman–Crippen MR) is 107 cm³/mol. The SMILES string of the molecule is CC(C)(C)c1ccc(C=C2SC(=S)N(CN3CCOCC3)C2=O)cc1. The van der Waals surface area contributed by atoms with Gasteiger partial charge in [-0.05, 0) is 22.6 Å². The van der Waals surface area contributed by atoms with Gasteiger partial charge < -0.3 is 4.74 Å². The zero-order valence-electron chi connectivity index (χ0n) is 14.9. The van der Waals surface area contributed by atoms with E-state index < -0.39 is 0 Å². The molecule has 0 radical (unpaired) electrons. The fourth-order valence-electron chi connectivity index (χ4n) is 2.80. The molecule has 0 saturated carbocycles. The summed E-state index contributed by atoms with van der Waals surface area (Å²) in [7, 11) is 0. The third kappa shape index (κ3) is 4.50. The molecule has 134 valence electrons. The number of rotatable bonds is 3. The normalized spacial score (nSPS) is 21.4. The number of nitrogens with zero attached hydrogens (tertiary/aromatic N) is 2. The van der Waals surface area contributed by atoms with Crippen LogP contribution < -0.4 is 0 Å². The van der Waals surface area contributed by atoms with Crippen LogP contribution in [0.3, 0.4) is 0 Å². The first-order chi connectivity index (χ1) is 11.8. The molecule has 0 N–H and O–H groups in total. The number of thiocarbonyl (C=S) groups is 1. The fourth-order valence-corrected chi connectivity index (χ4v) is 4.04. The fraction of sp³-hybridized carbons (Fsp3) is 0.474. The second-order valence-corrected chi connectivity index (χ2v) is 9.03. The maximum atomic E-state index is 12.7. The molecule has 2 saturated heterocycles. The van der Waals surface area contributed by atoms with Crippen LogP contribution in [0.1, 0.15) is 31.9 Å². The Morgan fingerprint density at radius 3 is 2.44 bits per heavy atom. The van der Waals surface area contributed by atoms with Gasteiger partial charge in [-0.3, -0.25) is 14.6 Å². The quantitative estimate of drug-likeness (QED) is 0.596. The Bertz CT molecular complexity index is 686. The van der Waals surface area contributed by atoms with Crippen molar-refractivity contribution in [2.45, 2.75) is 26.2 Å². The minimum Gasteiger partial charge on any atom is -0.379 e. The number of hydrogen-bond acceptors (Lipinski definition) is 5. The van der Waals surface area contributed by atoms with Gasteiger partial charge in [-0.25, -0.2) is 0 Å². The number of morpholine rings is 1. The number of thioether (sulfide) groups is 1. The first-order valence-electron chi connectivity index (χ1n) is 8.50. The minimum absolute atomic E-state index is 0.00129. The number of amides is 1. The van der Waals surface area contributed by atoms with Crippen molar-refractivity contribution in [1.82, 2.24) is 9.80 Å². The standard InChI is InChI=1S/C19H24N2O2S2/c1-19(2,3)15-6-4-14(5-7-15)12-16-17(22)21(18(24)25-16)13-20-8-10-23-11-9-20/h4-7,12H,8-11,13H2,1-3H3. The minimum atomic E-state index is 0.00129. The van der Waals surface area contributed by atoms with E-state index in [1.165, 1.54) is 17.3 Å². The molecule has 0 aromatic heterocycles. The van der Waals surface area contributed by atoms with Gasteiger partial charge in [0, 0.05) is 13.1 Å². The molecule has 25 heavy (non-hydrogen) atoms. The zero-order chi connectivity index (χ0) is 18.0. The maximum Gasteiger partial charge on any atom is 0.267 e. The lowest BCUT2D eigenvalue weighted by Crippen LogP contribution is -2.45. The highest BCUT2D eigenvalue weighted by molar-refractivity contribution is 8.26. The molecular weight excluding hydrogens is 352 g/mol. The summed E-state index contributed by atoms with van der Waals surface area (Å²) in [6, 6.07) is 8.38. The molecular formula is C19H24N2O2S2. The summed E-state index contributed by atoms with van der Waals surface area (Å²) < 4.78 is 5.99. The Kier molecular flexibility index (Phi) is 5.63. The molecule has 1 aromatic rings. The van der Waals surface area contributed by atoms with E-state index in [1.807, 2.05) is 6.08 Å². The second-order valence-electron chi connectivity index (χ2n) is 7.35. The summed E-state index contributed by atoms with van der Waals surface area (Å²) >= 11 is 6.80. The van der Waals surface area contributed by atoms with Crippen LogP contribution in [0.25, 0.3) is 6.08 Å². The van der Waals surface area contributed by atoms with Gasteiger partial charge in [0.2, 0.25) is 0 Å². The highest BCUT2D eigenvalue weighted by Gasteiger charge is 2.33. The molecule has 2 aliphatic rings. The molecule has 0 unspecified atom stereocenters. The van der Waals surface area contributed by atoms with Crippen LogP contribution in [0.5, 0.6) is 0 Å². The largest absolute Gasteiger partial charge is 0.379 e. The lowest BCUT2D eigenvalue weighted by atomic mass is 9.87. The van der Waals surface area contributed by atoms with Gasteiger partial charge >= 0.3 is 0 Å². The van der Waals surface area contributed by atoms with E-state index in [0.29, 0.717) is 29.1 Å². The van der Waals surface area contributed by atoms with E-state index in [2.05, 4.69) is 49.9 Å². The van der Waals surface area contributed by atoms with E-state index in [-0.39, 0.29) is 11.3 Å². The van der Waals surface area contributed by atoms with Crippen LogP contribution in [0.4, 0.5) is 0 Å². The van der Waals surface area contributed by atoms with Gasteiger partial charge in [0.05, 0.1) is 24.8 Å². The summed E-state index contributed by atoms with van der Waals surface area (Å²) in [4.78, 5) is 17.3. The van der Waals surface area contributed by atoms with Crippen molar-refractivity contribution in [3.05, 3.63) is 40.3 Å². The van der Waals surface area contributed by atoms with Crippen molar-refractivity contribution >= 4 is 40.3 Å². The third-order valence-corrected chi connectivity index (χ3v) is 5.77. The van der Waals surface area contributed by atoms with Crippen LogP contribution in [-0.4, -0.2) is 53.0 Å². The molecule has 0 spiro atoms. The van der Waals surface area contributed by atoms with Crippen molar-refractivity contribution in [2.24, 2.45) is 0 Å². The van der Waals surface area contributed by atoms with Crippen LogP contribution in [-0.2, 0) is 14.9 Å². The maximum absolute atomic E-state index is 12.7. The van der Waals surface area contributed by atoms with Gasteiger partial charge in [-0.15, -0.1) is 0 Å². The lowest BCUT2D eigenvalue weighted by molar-refractivity contribution is -0.124. The molecule has 0 bridgehead atoms. The topological polar surface area (TPSA) is 32.8 Å². The summed E-state index contributed by atoms with van der Waals surface area (Å²) in [5.74, 6) is 0.00129. The molecule has 2 fully saturated rings. The lowest BCUT2D eigenvalue weighted by Gasteiger charge is -2.29. The Hall–Kier alpha value is -1.21. The Balaban J connectivity index is 1.71. The summed E-state index contributed by atoms with van der Waals surface area (Å²) in [5, 5.41) is 0. The molecule has 0 aliphatic carbocycles. The Morgan fingerprint density at radius 2 is 1.84 bits per heavy atom. The summed E-state index contributed by atoms with van der Waals surface area (Å²) in [5.41, 5.74) is 2.43. The van der Waals surface area contributed by atoms with Gasteiger partial charge in [-0.2, -0.15) is 0 Å². The highest BCUT2D eigenvalue weighted by atomic mass is 32.2. The smallest absolute Gasteiger partial charge is 0.267 e. The zero-order valence-corrected chi connectivity index (χ0v) is 16.6. The Morgan fingerprint density at radius 1 is 1.20 bits per heavy atom. The number of carbonyl (C=O) groups is 1. The summed E-state index contributed by atoms with van der Waals surface area (Å²) in [6.07, 6.45) is 1.94. The monoisotopic (exact) mass is 376 g/mol. The van der Waals surface area contributed by atoms with Gasteiger partial charge in [0.25, 0.3) is 5.91 Å².